The van der Waals surface area contributed by atoms with Gasteiger partial charge in [-0.25, -0.2) is 4.98 Å². The van der Waals surface area contributed by atoms with Crippen molar-refractivity contribution >= 4 is 38.8 Å². The van der Waals surface area contributed by atoms with Gasteiger partial charge >= 0.3 is 0 Å². The summed E-state index contributed by atoms with van der Waals surface area (Å²) in [5, 5.41) is 15.2. The molecule has 4 aromatic rings. The van der Waals surface area contributed by atoms with Gasteiger partial charge in [0.15, 0.2) is 0 Å². The zero-order chi connectivity index (χ0) is 20.2. The third-order valence-corrected chi connectivity index (χ3v) is 5.28. The van der Waals surface area contributed by atoms with Crippen molar-refractivity contribution in [2.75, 3.05) is 5.01 Å². The molecule has 0 radical (unpaired) electrons. The zero-order valence-electron chi connectivity index (χ0n) is 15.6. The SMILES string of the molecule is Cc1ccc2nc(N(/N=C/c3ccccc3)C(=O)c3ccc(C#N)cc3)sc2c1. The van der Waals surface area contributed by atoms with E-state index in [1.165, 1.54) is 16.3 Å². The van der Waals surface area contributed by atoms with Gasteiger partial charge in [0.1, 0.15) is 0 Å². The highest BCUT2D eigenvalue weighted by Crippen LogP contribution is 2.30. The van der Waals surface area contributed by atoms with Gasteiger partial charge in [0.05, 0.1) is 28.1 Å². The molecule has 1 aromatic heterocycles. The number of hydrogen-bond donors (Lipinski definition) is 0. The first-order valence-electron chi connectivity index (χ1n) is 8.95. The van der Waals surface area contributed by atoms with E-state index < -0.39 is 0 Å². The second kappa shape index (κ2) is 8.05. The molecular weight excluding hydrogens is 380 g/mol. The van der Waals surface area contributed by atoms with Crippen LogP contribution in [0.3, 0.4) is 0 Å². The molecule has 4 rings (SSSR count). The Bertz CT molecular complexity index is 1240. The number of amides is 1. The Balaban J connectivity index is 1.75. The minimum Gasteiger partial charge on any atom is -0.267 e. The van der Waals surface area contributed by atoms with Crippen molar-refractivity contribution in [3.05, 3.63) is 95.1 Å². The maximum Gasteiger partial charge on any atom is 0.280 e. The van der Waals surface area contributed by atoms with Gasteiger partial charge in [-0.3, -0.25) is 4.79 Å². The van der Waals surface area contributed by atoms with E-state index >= 15 is 0 Å². The molecule has 0 unspecified atom stereocenters. The second-order valence-corrected chi connectivity index (χ2v) is 7.44. The highest BCUT2D eigenvalue weighted by atomic mass is 32.1. The highest BCUT2D eigenvalue weighted by Gasteiger charge is 2.21. The number of nitriles is 1. The van der Waals surface area contributed by atoms with Crippen molar-refractivity contribution in [3.63, 3.8) is 0 Å². The van der Waals surface area contributed by atoms with E-state index in [4.69, 9.17) is 5.26 Å². The van der Waals surface area contributed by atoms with E-state index in [1.54, 1.807) is 30.5 Å². The number of benzene rings is 3. The van der Waals surface area contributed by atoms with E-state index in [-0.39, 0.29) is 5.91 Å². The Hall–Kier alpha value is -3.82. The smallest absolute Gasteiger partial charge is 0.267 e. The van der Waals surface area contributed by atoms with Gasteiger partial charge in [-0.05, 0) is 54.4 Å². The topological polar surface area (TPSA) is 69.3 Å². The van der Waals surface area contributed by atoms with Crippen molar-refractivity contribution in [1.29, 1.82) is 5.26 Å². The maximum absolute atomic E-state index is 13.2. The number of aromatic nitrogens is 1. The minimum atomic E-state index is -0.308. The monoisotopic (exact) mass is 396 g/mol. The molecule has 0 atom stereocenters. The second-order valence-electron chi connectivity index (χ2n) is 6.43. The van der Waals surface area contributed by atoms with Gasteiger partial charge < -0.3 is 0 Å². The average Bonchev–Trinajstić information content (AvgIpc) is 3.17. The van der Waals surface area contributed by atoms with Crippen molar-refractivity contribution in [2.45, 2.75) is 6.92 Å². The van der Waals surface area contributed by atoms with Crippen LogP contribution in [0.1, 0.15) is 27.0 Å². The molecule has 0 aliphatic heterocycles. The van der Waals surface area contributed by atoms with Gasteiger partial charge in [0.2, 0.25) is 5.13 Å². The molecule has 140 valence electrons. The van der Waals surface area contributed by atoms with Crippen LogP contribution in [-0.2, 0) is 0 Å². The first-order chi connectivity index (χ1) is 14.1. The molecule has 0 saturated heterocycles. The van der Waals surface area contributed by atoms with Crippen molar-refractivity contribution < 1.29 is 4.79 Å². The van der Waals surface area contributed by atoms with Gasteiger partial charge in [-0.2, -0.15) is 15.4 Å². The van der Waals surface area contributed by atoms with Crippen molar-refractivity contribution in [3.8, 4) is 6.07 Å². The molecular formula is C23H16N4OS. The Morgan fingerprint density at radius 3 is 2.59 bits per heavy atom. The predicted octanol–water partition coefficient (Wildman–Crippen LogP) is 5.16. The van der Waals surface area contributed by atoms with Gasteiger partial charge in [-0.1, -0.05) is 47.7 Å². The third-order valence-electron chi connectivity index (χ3n) is 4.29. The summed E-state index contributed by atoms with van der Waals surface area (Å²) < 4.78 is 0.993. The quantitative estimate of drug-likeness (QED) is 0.353. The summed E-state index contributed by atoms with van der Waals surface area (Å²) in [4.78, 5) is 17.8. The van der Waals surface area contributed by atoms with Crippen LogP contribution in [0.4, 0.5) is 5.13 Å². The fourth-order valence-electron chi connectivity index (χ4n) is 2.77. The molecule has 29 heavy (non-hydrogen) atoms. The van der Waals surface area contributed by atoms with Gasteiger partial charge in [-0.15, -0.1) is 0 Å². The summed E-state index contributed by atoms with van der Waals surface area (Å²) in [5.74, 6) is -0.308. The Morgan fingerprint density at radius 1 is 1.10 bits per heavy atom. The number of carbonyl (C=O) groups excluding carboxylic acids is 1. The maximum atomic E-state index is 13.2. The summed E-state index contributed by atoms with van der Waals surface area (Å²) in [6.45, 7) is 2.02. The first-order valence-corrected chi connectivity index (χ1v) is 9.76. The van der Waals surface area contributed by atoms with Crippen LogP contribution >= 0.6 is 11.3 Å². The molecule has 0 N–H and O–H groups in total. The Labute approximate surface area is 172 Å². The number of aryl methyl sites for hydroxylation is 1. The first kappa shape index (κ1) is 18.5. The van der Waals surface area contributed by atoms with Crippen LogP contribution in [0.15, 0.2) is 77.9 Å². The largest absolute Gasteiger partial charge is 0.280 e. The number of thiazole rings is 1. The summed E-state index contributed by atoms with van der Waals surface area (Å²) in [6.07, 6.45) is 1.64. The number of nitrogens with zero attached hydrogens (tertiary/aromatic N) is 4. The van der Waals surface area contributed by atoms with Gasteiger partial charge in [0.25, 0.3) is 5.91 Å². The van der Waals surface area contributed by atoms with Crippen molar-refractivity contribution in [2.24, 2.45) is 5.10 Å². The number of fused-ring (bicyclic) bond motifs is 1. The van der Waals surface area contributed by atoms with Crippen LogP contribution in [-0.4, -0.2) is 17.1 Å². The molecule has 0 fully saturated rings. The van der Waals surface area contributed by atoms with E-state index in [0.717, 1.165) is 21.3 Å². The van der Waals surface area contributed by atoms with E-state index in [1.807, 2.05) is 55.5 Å². The molecule has 0 aliphatic carbocycles. The Kier molecular flexibility index (Phi) is 5.14. The molecule has 1 amide bonds. The molecule has 5 nitrogen and oxygen atoms in total. The highest BCUT2D eigenvalue weighted by molar-refractivity contribution is 7.22. The van der Waals surface area contributed by atoms with E-state index in [0.29, 0.717) is 16.3 Å². The lowest BCUT2D eigenvalue weighted by molar-refractivity contribution is 0.0988. The van der Waals surface area contributed by atoms with Crippen molar-refractivity contribution in [1.82, 2.24) is 4.98 Å². The van der Waals surface area contributed by atoms with Crippen LogP contribution in [0.2, 0.25) is 0 Å². The van der Waals surface area contributed by atoms with Crippen LogP contribution in [0, 0.1) is 18.3 Å². The van der Waals surface area contributed by atoms with Gasteiger partial charge in [0, 0.05) is 5.56 Å². The zero-order valence-corrected chi connectivity index (χ0v) is 16.4. The number of rotatable bonds is 4. The number of hydrogen-bond acceptors (Lipinski definition) is 5. The van der Waals surface area contributed by atoms with Crippen LogP contribution in [0.25, 0.3) is 10.2 Å². The molecule has 0 spiro atoms. The average molecular weight is 396 g/mol. The standard InChI is InChI=1S/C23H16N4OS/c1-16-7-12-20-21(13-16)29-23(26-20)27(25-15-18-5-3-2-4-6-18)22(28)19-10-8-17(14-24)9-11-19/h2-13,15H,1H3/b25-15+. The number of anilines is 1. The molecule has 3 aromatic carbocycles. The molecule has 6 heteroatoms. The molecule has 0 bridgehead atoms. The fraction of sp³-hybridized carbons (Fsp3) is 0.0435. The minimum absolute atomic E-state index is 0.308. The Morgan fingerprint density at radius 2 is 1.86 bits per heavy atom. The summed E-state index contributed by atoms with van der Waals surface area (Å²) in [6, 6.07) is 24.1. The molecule has 0 saturated carbocycles. The van der Waals surface area contributed by atoms with Crippen LogP contribution in [0.5, 0.6) is 0 Å². The predicted molar refractivity (Wildman–Crippen MR) is 116 cm³/mol. The summed E-state index contributed by atoms with van der Waals surface area (Å²) in [7, 11) is 0. The number of hydrazone groups is 1. The van der Waals surface area contributed by atoms with E-state index in [2.05, 4.69) is 16.2 Å². The normalized spacial score (nSPS) is 10.9. The summed E-state index contributed by atoms with van der Waals surface area (Å²) in [5.41, 5.74) is 3.76. The lowest BCUT2D eigenvalue weighted by Gasteiger charge is -2.13. The third kappa shape index (κ3) is 4.05. The lowest BCUT2D eigenvalue weighted by atomic mass is 10.1. The molecule has 0 aliphatic rings. The fourth-order valence-corrected chi connectivity index (χ4v) is 3.79. The summed E-state index contributed by atoms with van der Waals surface area (Å²) >= 11 is 1.41. The number of carbonyl (C=O) groups is 1. The lowest BCUT2D eigenvalue weighted by Crippen LogP contribution is -2.25. The van der Waals surface area contributed by atoms with E-state index in [9.17, 15) is 4.79 Å². The van der Waals surface area contributed by atoms with Crippen LogP contribution < -0.4 is 5.01 Å². The molecule has 1 heterocycles.